The Morgan fingerprint density at radius 3 is 2.95 bits per heavy atom. The lowest BCUT2D eigenvalue weighted by molar-refractivity contribution is -0.144. The zero-order valence-corrected chi connectivity index (χ0v) is 13.3. The summed E-state index contributed by atoms with van der Waals surface area (Å²) in [5, 5.41) is 13.5. The number of nitrogens with one attached hydrogen (secondary N) is 1. The molecule has 0 aromatic heterocycles. The van der Waals surface area contributed by atoms with E-state index in [-0.39, 0.29) is 35.7 Å². The molecular weight excluding hydrogens is 282 g/mol. The van der Waals surface area contributed by atoms with Crippen LogP contribution in [0.1, 0.15) is 32.6 Å². The molecule has 4 aliphatic rings. The maximum Gasteiger partial charge on any atom is 0.241 e. The third-order valence-electron chi connectivity index (χ3n) is 6.14. The Kier molecular flexibility index (Phi) is 3.68. The third-order valence-corrected chi connectivity index (χ3v) is 6.14. The van der Waals surface area contributed by atoms with Crippen LogP contribution >= 0.6 is 0 Å². The lowest BCUT2D eigenvalue weighted by Crippen LogP contribution is -2.59. The number of rotatable bonds is 3. The van der Waals surface area contributed by atoms with Crippen LogP contribution in [0.15, 0.2) is 0 Å². The van der Waals surface area contributed by atoms with E-state index in [9.17, 15) is 9.90 Å². The molecule has 22 heavy (non-hydrogen) atoms. The lowest BCUT2D eigenvalue weighted by atomic mass is 9.90. The molecule has 4 atom stereocenters. The monoisotopic (exact) mass is 309 g/mol. The molecule has 3 aliphatic heterocycles. The van der Waals surface area contributed by atoms with Gasteiger partial charge in [-0.1, -0.05) is 0 Å². The van der Waals surface area contributed by atoms with E-state index >= 15 is 0 Å². The second-order valence-electron chi connectivity index (χ2n) is 7.53. The molecule has 4 fully saturated rings. The number of piperidine rings is 1. The van der Waals surface area contributed by atoms with E-state index in [1.807, 2.05) is 11.8 Å². The zero-order valence-electron chi connectivity index (χ0n) is 13.3. The first-order chi connectivity index (χ1) is 10.6. The Balaban J connectivity index is 1.31. The maximum atomic E-state index is 12.3. The molecule has 1 saturated carbocycles. The smallest absolute Gasteiger partial charge is 0.241 e. The standard InChI is InChI=1S/C16H27N3O3/c1-11-15(21)19-12(10-22-14(19)8-17-11)2-6-18-7-5-16(3-4-16)13(20)9-18/h11-14,17,20H,2-10H2,1H3/t11-,12-,13+,14?/m0/s1. The summed E-state index contributed by atoms with van der Waals surface area (Å²) in [7, 11) is 0. The fourth-order valence-electron chi connectivity index (χ4n) is 4.26. The number of hydrogen-bond acceptors (Lipinski definition) is 5. The number of piperazine rings is 1. The van der Waals surface area contributed by atoms with Crippen LogP contribution in [0.5, 0.6) is 0 Å². The number of nitrogens with zero attached hydrogens (tertiary/aromatic N) is 2. The predicted octanol–water partition coefficient (Wildman–Crippen LogP) is -0.231. The summed E-state index contributed by atoms with van der Waals surface area (Å²) in [4.78, 5) is 16.7. The van der Waals surface area contributed by atoms with Crippen molar-refractivity contribution in [2.45, 2.75) is 57.0 Å². The summed E-state index contributed by atoms with van der Waals surface area (Å²) in [6.07, 6.45) is 4.22. The molecule has 124 valence electrons. The Bertz CT molecular complexity index is 454. The average molecular weight is 309 g/mol. The molecular formula is C16H27N3O3. The van der Waals surface area contributed by atoms with Gasteiger partial charge in [-0.25, -0.2) is 0 Å². The van der Waals surface area contributed by atoms with Crippen molar-refractivity contribution >= 4 is 5.91 Å². The minimum absolute atomic E-state index is 0.0876. The third kappa shape index (κ3) is 2.46. The minimum atomic E-state index is -0.158. The summed E-state index contributed by atoms with van der Waals surface area (Å²) in [5.74, 6) is 0.161. The topological polar surface area (TPSA) is 65.0 Å². The van der Waals surface area contributed by atoms with E-state index in [4.69, 9.17) is 4.74 Å². The number of fused-ring (bicyclic) bond motifs is 1. The number of carbonyl (C=O) groups is 1. The molecule has 6 heteroatoms. The quantitative estimate of drug-likeness (QED) is 0.754. The normalized spacial score (nSPS) is 41.0. The van der Waals surface area contributed by atoms with E-state index < -0.39 is 0 Å². The van der Waals surface area contributed by atoms with Crippen molar-refractivity contribution in [3.63, 3.8) is 0 Å². The van der Waals surface area contributed by atoms with Gasteiger partial charge in [0.2, 0.25) is 5.91 Å². The van der Waals surface area contributed by atoms with Crippen LogP contribution in [0.3, 0.4) is 0 Å². The van der Waals surface area contributed by atoms with Crippen LogP contribution in [0.4, 0.5) is 0 Å². The Morgan fingerprint density at radius 1 is 1.41 bits per heavy atom. The Hall–Kier alpha value is -0.690. The van der Waals surface area contributed by atoms with Crippen molar-refractivity contribution in [2.24, 2.45) is 5.41 Å². The van der Waals surface area contributed by atoms with Gasteiger partial charge in [-0.15, -0.1) is 0 Å². The number of likely N-dealkylation sites (tertiary alicyclic amines) is 1. The lowest BCUT2D eigenvalue weighted by Gasteiger charge is -2.38. The number of hydrogen-bond donors (Lipinski definition) is 2. The van der Waals surface area contributed by atoms with Gasteiger partial charge in [-0.3, -0.25) is 4.79 Å². The van der Waals surface area contributed by atoms with Crippen LogP contribution in [-0.2, 0) is 9.53 Å². The van der Waals surface area contributed by atoms with Gasteiger partial charge >= 0.3 is 0 Å². The number of β-amino-alcohol motifs (C(OH)–C–C–N with tert-alkyl or cyclic N) is 1. The summed E-state index contributed by atoms with van der Waals surface area (Å²) in [6.45, 7) is 6.12. The predicted molar refractivity (Wildman–Crippen MR) is 81.2 cm³/mol. The van der Waals surface area contributed by atoms with Gasteiger partial charge < -0.3 is 25.0 Å². The van der Waals surface area contributed by atoms with E-state index in [0.717, 1.165) is 39.0 Å². The van der Waals surface area contributed by atoms with Gasteiger partial charge in [-0.05, 0) is 44.6 Å². The summed E-state index contributed by atoms with van der Waals surface area (Å²) in [6, 6.07) is 0.0861. The van der Waals surface area contributed by atoms with Crippen LogP contribution in [0.25, 0.3) is 0 Å². The van der Waals surface area contributed by atoms with Gasteiger partial charge in [0.05, 0.1) is 24.8 Å². The molecule has 3 saturated heterocycles. The van der Waals surface area contributed by atoms with Crippen molar-refractivity contribution < 1.29 is 14.6 Å². The zero-order chi connectivity index (χ0) is 15.3. The van der Waals surface area contributed by atoms with Crippen LogP contribution in [0.2, 0.25) is 0 Å². The average Bonchev–Trinajstić information content (AvgIpc) is 3.17. The Labute approximate surface area is 131 Å². The number of ether oxygens (including phenoxy) is 1. The molecule has 3 heterocycles. The SMILES string of the molecule is C[C@@H]1NCC2OC[C@H](CCN3CCC4(CC4)[C@H](O)C3)N2C1=O. The van der Waals surface area contributed by atoms with Gasteiger partial charge in [0.15, 0.2) is 0 Å². The van der Waals surface area contributed by atoms with Gasteiger partial charge in [0.25, 0.3) is 0 Å². The molecule has 0 bridgehead atoms. The Morgan fingerprint density at radius 2 is 2.23 bits per heavy atom. The molecule has 0 radical (unpaired) electrons. The van der Waals surface area contributed by atoms with Gasteiger partial charge in [0, 0.05) is 19.6 Å². The molecule has 6 nitrogen and oxygen atoms in total. The second-order valence-corrected chi connectivity index (χ2v) is 7.53. The second kappa shape index (κ2) is 5.44. The fraction of sp³-hybridized carbons (Fsp3) is 0.938. The highest BCUT2D eigenvalue weighted by Crippen LogP contribution is 2.53. The highest BCUT2D eigenvalue weighted by molar-refractivity contribution is 5.83. The number of amides is 1. The highest BCUT2D eigenvalue weighted by atomic mass is 16.5. The van der Waals surface area contributed by atoms with Crippen molar-refractivity contribution in [1.82, 2.24) is 15.1 Å². The van der Waals surface area contributed by atoms with Crippen LogP contribution < -0.4 is 5.32 Å². The molecule has 0 aromatic carbocycles. The van der Waals surface area contributed by atoms with E-state index in [1.165, 1.54) is 12.8 Å². The van der Waals surface area contributed by atoms with Crippen molar-refractivity contribution in [3.8, 4) is 0 Å². The first-order valence-electron chi connectivity index (χ1n) is 8.67. The van der Waals surface area contributed by atoms with Gasteiger partial charge in [-0.2, -0.15) is 0 Å². The summed E-state index contributed by atoms with van der Waals surface area (Å²) >= 11 is 0. The van der Waals surface area contributed by atoms with E-state index in [1.54, 1.807) is 0 Å². The highest BCUT2D eigenvalue weighted by Gasteiger charge is 2.51. The maximum absolute atomic E-state index is 12.3. The summed E-state index contributed by atoms with van der Waals surface area (Å²) < 4.78 is 5.77. The molecule has 4 rings (SSSR count). The van der Waals surface area contributed by atoms with Crippen LogP contribution in [-0.4, -0.2) is 78.0 Å². The molecule has 1 amide bonds. The first kappa shape index (κ1) is 14.9. The molecule has 0 aromatic rings. The summed E-state index contributed by atoms with van der Waals surface area (Å²) in [5.41, 5.74) is 0.266. The first-order valence-corrected chi connectivity index (χ1v) is 8.67. The van der Waals surface area contributed by atoms with E-state index in [0.29, 0.717) is 6.61 Å². The fourth-order valence-corrected chi connectivity index (χ4v) is 4.26. The molecule has 1 unspecified atom stereocenters. The van der Waals surface area contributed by atoms with Crippen LogP contribution in [0, 0.1) is 5.41 Å². The van der Waals surface area contributed by atoms with Crippen molar-refractivity contribution in [2.75, 3.05) is 32.8 Å². The number of carbonyl (C=O) groups excluding carboxylic acids is 1. The van der Waals surface area contributed by atoms with Crippen molar-refractivity contribution in [3.05, 3.63) is 0 Å². The number of aliphatic hydroxyl groups excluding tert-OH is 1. The molecule has 1 spiro atoms. The molecule has 1 aliphatic carbocycles. The number of aliphatic hydroxyl groups is 1. The van der Waals surface area contributed by atoms with E-state index in [2.05, 4.69) is 10.2 Å². The van der Waals surface area contributed by atoms with Crippen molar-refractivity contribution in [1.29, 1.82) is 0 Å². The van der Waals surface area contributed by atoms with Gasteiger partial charge in [0.1, 0.15) is 6.23 Å². The molecule has 2 N–H and O–H groups in total. The minimum Gasteiger partial charge on any atom is -0.391 e. The largest absolute Gasteiger partial charge is 0.391 e.